The molecule has 0 spiro atoms. The number of hydrogen-bond acceptors (Lipinski definition) is 3. The van der Waals surface area contributed by atoms with Crippen molar-refractivity contribution in [1.82, 2.24) is 14.8 Å². The number of ether oxygens (including phenoxy) is 1. The third-order valence-electron chi connectivity index (χ3n) is 4.19. The van der Waals surface area contributed by atoms with Gasteiger partial charge < -0.3 is 19.5 Å². The highest BCUT2D eigenvalue weighted by Crippen LogP contribution is 2.15. The number of nitrogens with one attached hydrogen (secondary N) is 1. The summed E-state index contributed by atoms with van der Waals surface area (Å²) >= 11 is 0. The SMILES string of the molecule is O=C(COc1ccccc1F)N1CCN(C(=O)Cc2cc[nH]c2)CC1. The van der Waals surface area contributed by atoms with Crippen LogP contribution in [0.1, 0.15) is 5.56 Å². The molecule has 0 bridgehead atoms. The molecule has 0 atom stereocenters. The van der Waals surface area contributed by atoms with E-state index in [1.165, 1.54) is 12.1 Å². The van der Waals surface area contributed by atoms with E-state index in [1.807, 2.05) is 6.07 Å². The lowest BCUT2D eigenvalue weighted by molar-refractivity contribution is -0.140. The molecule has 1 aliphatic rings. The summed E-state index contributed by atoms with van der Waals surface area (Å²) in [6, 6.07) is 7.86. The van der Waals surface area contributed by atoms with Gasteiger partial charge in [0.05, 0.1) is 6.42 Å². The van der Waals surface area contributed by atoms with Gasteiger partial charge in [0, 0.05) is 38.6 Å². The number of carbonyl (C=O) groups is 2. The Bertz CT molecular complexity index is 725. The van der Waals surface area contributed by atoms with Crippen LogP contribution in [-0.2, 0) is 16.0 Å². The normalized spacial score (nSPS) is 14.4. The lowest BCUT2D eigenvalue weighted by Gasteiger charge is -2.34. The second kappa shape index (κ2) is 7.83. The van der Waals surface area contributed by atoms with E-state index >= 15 is 0 Å². The molecule has 6 nitrogen and oxygen atoms in total. The molecule has 132 valence electrons. The van der Waals surface area contributed by atoms with E-state index in [-0.39, 0.29) is 24.2 Å². The average Bonchev–Trinajstić information content (AvgIpc) is 3.14. The van der Waals surface area contributed by atoms with Crippen molar-refractivity contribution in [3.8, 4) is 5.75 Å². The number of carbonyl (C=O) groups excluding carboxylic acids is 2. The molecule has 25 heavy (non-hydrogen) atoms. The predicted octanol–water partition coefficient (Wildman–Crippen LogP) is 1.45. The Hall–Kier alpha value is -2.83. The molecule has 2 amide bonds. The number of hydrogen-bond donors (Lipinski definition) is 1. The van der Waals surface area contributed by atoms with Crippen molar-refractivity contribution in [2.75, 3.05) is 32.8 Å². The van der Waals surface area contributed by atoms with Crippen LogP contribution < -0.4 is 4.74 Å². The maximum atomic E-state index is 13.5. The first-order valence-corrected chi connectivity index (χ1v) is 8.18. The highest BCUT2D eigenvalue weighted by atomic mass is 19.1. The number of halogens is 1. The molecule has 2 heterocycles. The van der Waals surface area contributed by atoms with Crippen LogP contribution in [0.4, 0.5) is 4.39 Å². The van der Waals surface area contributed by atoms with Crippen molar-refractivity contribution in [3.05, 3.63) is 54.1 Å². The molecule has 1 aromatic heterocycles. The Balaban J connectivity index is 1.44. The van der Waals surface area contributed by atoms with E-state index in [0.717, 1.165) is 5.56 Å². The molecule has 0 unspecified atom stereocenters. The third kappa shape index (κ3) is 4.37. The van der Waals surface area contributed by atoms with Gasteiger partial charge >= 0.3 is 0 Å². The first-order chi connectivity index (χ1) is 12.1. The number of nitrogens with zero attached hydrogens (tertiary/aromatic N) is 2. The summed E-state index contributed by atoms with van der Waals surface area (Å²) in [5.74, 6) is -0.582. The van der Waals surface area contributed by atoms with Gasteiger partial charge in [-0.2, -0.15) is 0 Å². The van der Waals surface area contributed by atoms with Crippen molar-refractivity contribution in [2.45, 2.75) is 6.42 Å². The van der Waals surface area contributed by atoms with E-state index in [4.69, 9.17) is 4.74 Å². The molecule has 7 heteroatoms. The number of H-pyrrole nitrogens is 1. The Morgan fingerprint density at radius 1 is 1.04 bits per heavy atom. The minimum atomic E-state index is -0.490. The zero-order valence-corrected chi connectivity index (χ0v) is 13.8. The predicted molar refractivity (Wildman–Crippen MR) is 89.6 cm³/mol. The maximum absolute atomic E-state index is 13.5. The molecule has 1 aliphatic heterocycles. The highest BCUT2D eigenvalue weighted by molar-refractivity contribution is 5.80. The molecule has 0 saturated carbocycles. The number of aromatic nitrogens is 1. The van der Waals surface area contributed by atoms with Crippen LogP contribution in [0.25, 0.3) is 0 Å². The third-order valence-corrected chi connectivity index (χ3v) is 4.19. The second-order valence-corrected chi connectivity index (χ2v) is 5.88. The molecular formula is C18H20FN3O3. The van der Waals surface area contributed by atoms with Crippen LogP contribution in [-0.4, -0.2) is 59.4 Å². The van der Waals surface area contributed by atoms with Crippen LogP contribution in [0.15, 0.2) is 42.7 Å². The van der Waals surface area contributed by atoms with Crippen LogP contribution in [0.2, 0.25) is 0 Å². The van der Waals surface area contributed by atoms with E-state index in [2.05, 4.69) is 4.98 Å². The molecule has 3 rings (SSSR count). The smallest absolute Gasteiger partial charge is 0.260 e. The molecule has 2 aromatic rings. The van der Waals surface area contributed by atoms with E-state index < -0.39 is 5.82 Å². The Morgan fingerprint density at radius 3 is 2.36 bits per heavy atom. The number of para-hydroxylation sites is 1. The first-order valence-electron chi connectivity index (χ1n) is 8.18. The van der Waals surface area contributed by atoms with Gasteiger partial charge in [-0.1, -0.05) is 12.1 Å². The zero-order chi connectivity index (χ0) is 17.6. The van der Waals surface area contributed by atoms with Gasteiger partial charge in [-0.15, -0.1) is 0 Å². The molecule has 1 N–H and O–H groups in total. The van der Waals surface area contributed by atoms with Crippen LogP contribution in [0.5, 0.6) is 5.75 Å². The summed E-state index contributed by atoms with van der Waals surface area (Å²) in [4.78, 5) is 30.7. The summed E-state index contributed by atoms with van der Waals surface area (Å²) in [6.07, 6.45) is 3.94. The lowest BCUT2D eigenvalue weighted by atomic mass is 10.2. The Labute approximate surface area is 145 Å². The van der Waals surface area contributed by atoms with Crippen LogP contribution >= 0.6 is 0 Å². The number of aromatic amines is 1. The monoisotopic (exact) mass is 345 g/mol. The molecule has 1 aromatic carbocycles. The van der Waals surface area contributed by atoms with Gasteiger partial charge in [0.2, 0.25) is 5.91 Å². The summed E-state index contributed by atoms with van der Waals surface area (Å²) in [5, 5.41) is 0. The van der Waals surface area contributed by atoms with Gasteiger partial charge in [-0.25, -0.2) is 4.39 Å². The molecule has 0 radical (unpaired) electrons. The summed E-state index contributed by atoms with van der Waals surface area (Å²) in [7, 11) is 0. The van der Waals surface area contributed by atoms with Gasteiger partial charge in [0.1, 0.15) is 0 Å². The van der Waals surface area contributed by atoms with Crippen molar-refractivity contribution >= 4 is 11.8 Å². The average molecular weight is 345 g/mol. The zero-order valence-electron chi connectivity index (χ0n) is 13.8. The summed E-state index contributed by atoms with van der Waals surface area (Å²) < 4.78 is 18.7. The fourth-order valence-electron chi connectivity index (χ4n) is 2.75. The van der Waals surface area contributed by atoms with Crippen LogP contribution in [0.3, 0.4) is 0 Å². The quantitative estimate of drug-likeness (QED) is 0.892. The topological polar surface area (TPSA) is 65.6 Å². The minimum Gasteiger partial charge on any atom is -0.481 e. The fourth-order valence-corrected chi connectivity index (χ4v) is 2.75. The van der Waals surface area contributed by atoms with Gasteiger partial charge in [-0.05, 0) is 23.8 Å². The van der Waals surface area contributed by atoms with E-state index in [1.54, 1.807) is 34.3 Å². The van der Waals surface area contributed by atoms with Gasteiger partial charge in [0.15, 0.2) is 18.2 Å². The number of benzene rings is 1. The highest BCUT2D eigenvalue weighted by Gasteiger charge is 2.24. The standard InChI is InChI=1S/C18H20FN3O3/c19-15-3-1-2-4-16(15)25-13-18(24)22-9-7-21(8-10-22)17(23)11-14-5-6-20-12-14/h1-6,12,20H,7-11,13H2. The van der Waals surface area contributed by atoms with Gasteiger partial charge in [-0.3, -0.25) is 9.59 Å². The van der Waals surface area contributed by atoms with Crippen molar-refractivity contribution in [1.29, 1.82) is 0 Å². The second-order valence-electron chi connectivity index (χ2n) is 5.88. The van der Waals surface area contributed by atoms with E-state index in [0.29, 0.717) is 32.6 Å². The number of amides is 2. The van der Waals surface area contributed by atoms with Crippen molar-refractivity contribution in [2.24, 2.45) is 0 Å². The Kier molecular flexibility index (Phi) is 5.33. The molecule has 1 saturated heterocycles. The number of rotatable bonds is 5. The van der Waals surface area contributed by atoms with E-state index in [9.17, 15) is 14.0 Å². The Morgan fingerprint density at radius 2 is 1.72 bits per heavy atom. The summed E-state index contributed by atoms with van der Waals surface area (Å²) in [5.41, 5.74) is 0.946. The van der Waals surface area contributed by atoms with Crippen molar-refractivity contribution in [3.63, 3.8) is 0 Å². The fraction of sp³-hybridized carbons (Fsp3) is 0.333. The van der Waals surface area contributed by atoms with Crippen molar-refractivity contribution < 1.29 is 18.7 Å². The molecule has 0 aliphatic carbocycles. The van der Waals surface area contributed by atoms with Gasteiger partial charge in [0.25, 0.3) is 5.91 Å². The van der Waals surface area contributed by atoms with Crippen LogP contribution in [0, 0.1) is 5.82 Å². The number of piperazine rings is 1. The maximum Gasteiger partial charge on any atom is 0.260 e. The molecular weight excluding hydrogens is 325 g/mol. The summed E-state index contributed by atoms with van der Waals surface area (Å²) in [6.45, 7) is 1.69. The minimum absolute atomic E-state index is 0.0503. The largest absolute Gasteiger partial charge is 0.481 e. The lowest BCUT2D eigenvalue weighted by Crippen LogP contribution is -2.52. The molecule has 1 fully saturated rings. The first kappa shape index (κ1) is 17.0.